The van der Waals surface area contributed by atoms with Crippen molar-refractivity contribution in [3.63, 3.8) is 0 Å². The minimum absolute atomic E-state index is 0.233. The molecule has 4 heteroatoms. The summed E-state index contributed by atoms with van der Waals surface area (Å²) in [5.41, 5.74) is 0.578. The summed E-state index contributed by atoms with van der Waals surface area (Å²) in [6.45, 7) is 13.5. The fourth-order valence-electron chi connectivity index (χ4n) is 1.10. The Morgan fingerprint density at radius 3 is 2.25 bits per heavy atom. The van der Waals surface area contributed by atoms with Crippen molar-refractivity contribution < 1.29 is 14.0 Å². The quantitative estimate of drug-likeness (QED) is 0.318. The molecule has 0 spiro atoms. The molecule has 0 saturated heterocycles. The molecular weight excluding hydrogens is 268 g/mol. The van der Waals surface area contributed by atoms with E-state index in [1.807, 2.05) is 24.3 Å². The van der Waals surface area contributed by atoms with E-state index in [1.54, 1.807) is 13.0 Å². The molecule has 114 valence electrons. The molecule has 0 aliphatic rings. The molecule has 0 N–H and O–H groups in total. The average Bonchev–Trinajstić information content (AvgIpc) is 2.34. The number of allylic oxidation sites excluding steroid dienone is 4. The Kier molecular flexibility index (Phi) is 7.75. The monoisotopic (exact) mass is 296 g/mol. The van der Waals surface area contributed by atoms with E-state index < -0.39 is 8.32 Å². The summed E-state index contributed by atoms with van der Waals surface area (Å²) in [6.07, 6.45) is 9.33. The Morgan fingerprint density at radius 2 is 1.75 bits per heavy atom. The molecule has 0 aliphatic heterocycles. The maximum atomic E-state index is 11.1. The lowest BCUT2D eigenvalue weighted by Crippen LogP contribution is -2.40. The number of hydrogen-bond acceptors (Lipinski definition) is 3. The highest BCUT2D eigenvalue weighted by atomic mass is 28.4. The van der Waals surface area contributed by atoms with Gasteiger partial charge in [-0.2, -0.15) is 0 Å². The van der Waals surface area contributed by atoms with Crippen molar-refractivity contribution in [1.82, 2.24) is 0 Å². The van der Waals surface area contributed by atoms with Crippen molar-refractivity contribution in [3.8, 4) is 0 Å². The lowest BCUT2D eigenvalue weighted by atomic mass is 10.2. The first kappa shape index (κ1) is 18.9. The molecule has 20 heavy (non-hydrogen) atoms. The van der Waals surface area contributed by atoms with Crippen molar-refractivity contribution in [2.75, 3.05) is 13.7 Å². The third kappa shape index (κ3) is 6.87. The van der Waals surface area contributed by atoms with E-state index in [0.717, 1.165) is 0 Å². The van der Waals surface area contributed by atoms with Crippen LogP contribution in [0, 0.1) is 0 Å². The van der Waals surface area contributed by atoms with Crippen LogP contribution in [-0.4, -0.2) is 28.0 Å². The van der Waals surface area contributed by atoms with Crippen LogP contribution in [-0.2, 0) is 14.0 Å². The predicted octanol–water partition coefficient (Wildman–Crippen LogP) is 4.24. The van der Waals surface area contributed by atoms with Gasteiger partial charge in [0.25, 0.3) is 0 Å². The first-order chi connectivity index (χ1) is 9.12. The zero-order chi connectivity index (χ0) is 15.8. The van der Waals surface area contributed by atoms with Gasteiger partial charge in [-0.05, 0) is 25.1 Å². The van der Waals surface area contributed by atoms with Gasteiger partial charge in [0, 0.05) is 5.57 Å². The number of carbonyl (C=O) groups excluding carboxylic acids is 1. The molecule has 3 nitrogen and oxygen atoms in total. The van der Waals surface area contributed by atoms with Gasteiger partial charge in [0.05, 0.1) is 13.7 Å². The van der Waals surface area contributed by atoms with Gasteiger partial charge < -0.3 is 9.16 Å². The molecule has 0 fully saturated rings. The van der Waals surface area contributed by atoms with E-state index in [2.05, 4.69) is 38.6 Å². The van der Waals surface area contributed by atoms with Gasteiger partial charge in [-0.25, -0.2) is 4.79 Å². The van der Waals surface area contributed by atoms with E-state index in [9.17, 15) is 4.79 Å². The Bertz CT molecular complexity index is 398. The maximum Gasteiger partial charge on any atom is 0.333 e. The zero-order valence-electron chi connectivity index (χ0n) is 13.8. The highest BCUT2D eigenvalue weighted by Gasteiger charge is 2.36. The van der Waals surface area contributed by atoms with Gasteiger partial charge in [-0.1, -0.05) is 51.2 Å². The lowest BCUT2D eigenvalue weighted by Gasteiger charge is -2.35. The van der Waals surface area contributed by atoms with Gasteiger partial charge in [-0.15, -0.1) is 0 Å². The lowest BCUT2D eigenvalue weighted by molar-refractivity contribution is -0.136. The molecule has 0 aromatic rings. The predicted molar refractivity (Wildman–Crippen MR) is 87.2 cm³/mol. The van der Waals surface area contributed by atoms with E-state index in [0.29, 0.717) is 12.2 Å². The number of rotatable bonds is 6. The summed E-state index contributed by atoms with van der Waals surface area (Å²) in [5.74, 6) is -0.306. The normalized spacial score (nSPS) is 14.2. The summed E-state index contributed by atoms with van der Waals surface area (Å²) in [6, 6.07) is 0. The SMILES string of the molecule is COC(=O)/C(C)=C/C=C/C=C/CO[Si](C)(C)C(C)(C)C. The molecule has 0 saturated carbocycles. The molecule has 0 atom stereocenters. The minimum atomic E-state index is -1.66. The van der Waals surface area contributed by atoms with E-state index in [4.69, 9.17) is 4.43 Å². The van der Waals surface area contributed by atoms with Crippen molar-refractivity contribution >= 4 is 14.3 Å². The Hall–Kier alpha value is -1.13. The maximum absolute atomic E-state index is 11.1. The van der Waals surface area contributed by atoms with Crippen LogP contribution in [0.4, 0.5) is 0 Å². The number of methoxy groups -OCH3 is 1. The summed E-state index contributed by atoms with van der Waals surface area (Å²) in [5, 5.41) is 0.233. The van der Waals surface area contributed by atoms with Crippen molar-refractivity contribution in [3.05, 3.63) is 36.0 Å². The second-order valence-electron chi connectivity index (χ2n) is 6.23. The second kappa shape index (κ2) is 8.22. The number of ether oxygens (including phenoxy) is 1. The molecule has 0 aliphatic carbocycles. The summed E-state index contributed by atoms with van der Waals surface area (Å²) >= 11 is 0. The third-order valence-corrected chi connectivity index (χ3v) is 8.06. The molecule has 0 aromatic heterocycles. The van der Waals surface area contributed by atoms with Crippen molar-refractivity contribution in [2.24, 2.45) is 0 Å². The van der Waals surface area contributed by atoms with Crippen LogP contribution >= 0.6 is 0 Å². The standard InChI is InChI=1S/C16H28O3Si/c1-14(15(17)18-5)12-10-8-9-11-13-19-20(6,7)16(2,3)4/h8-12H,13H2,1-7H3/b10-8+,11-9+,14-12+. The zero-order valence-corrected chi connectivity index (χ0v) is 14.8. The highest BCUT2D eigenvalue weighted by Crippen LogP contribution is 2.36. The minimum Gasteiger partial charge on any atom is -0.466 e. The molecule has 0 bridgehead atoms. The fourth-order valence-corrected chi connectivity index (χ4v) is 2.05. The molecular formula is C16H28O3Si. The Balaban J connectivity index is 4.21. The molecule has 0 aromatic carbocycles. The Labute approximate surface area is 124 Å². The molecule has 0 radical (unpaired) electrons. The van der Waals surface area contributed by atoms with E-state index in [-0.39, 0.29) is 11.0 Å². The molecule has 0 rings (SSSR count). The largest absolute Gasteiger partial charge is 0.466 e. The van der Waals surface area contributed by atoms with Gasteiger partial charge >= 0.3 is 5.97 Å². The third-order valence-electron chi connectivity index (χ3n) is 3.56. The first-order valence-electron chi connectivity index (χ1n) is 6.84. The van der Waals surface area contributed by atoms with Gasteiger partial charge in [-0.3, -0.25) is 0 Å². The van der Waals surface area contributed by atoms with Crippen LogP contribution in [0.25, 0.3) is 0 Å². The highest BCUT2D eigenvalue weighted by molar-refractivity contribution is 6.74. The van der Waals surface area contributed by atoms with Crippen molar-refractivity contribution in [1.29, 1.82) is 0 Å². The molecule has 0 heterocycles. The van der Waals surface area contributed by atoms with Crippen LogP contribution in [0.2, 0.25) is 18.1 Å². The van der Waals surface area contributed by atoms with Gasteiger partial charge in [0.1, 0.15) is 0 Å². The van der Waals surface area contributed by atoms with Crippen LogP contribution in [0.5, 0.6) is 0 Å². The smallest absolute Gasteiger partial charge is 0.333 e. The van der Waals surface area contributed by atoms with Gasteiger partial charge in [0.15, 0.2) is 8.32 Å². The van der Waals surface area contributed by atoms with Gasteiger partial charge in [0.2, 0.25) is 0 Å². The van der Waals surface area contributed by atoms with Crippen LogP contribution in [0.1, 0.15) is 27.7 Å². The summed E-state index contributed by atoms with van der Waals surface area (Å²) in [4.78, 5) is 11.1. The topological polar surface area (TPSA) is 35.5 Å². The average molecular weight is 296 g/mol. The van der Waals surface area contributed by atoms with E-state index in [1.165, 1.54) is 7.11 Å². The number of hydrogen-bond donors (Lipinski definition) is 0. The van der Waals surface area contributed by atoms with Crippen LogP contribution in [0.15, 0.2) is 36.0 Å². The molecule has 0 amide bonds. The number of carbonyl (C=O) groups is 1. The van der Waals surface area contributed by atoms with Crippen LogP contribution < -0.4 is 0 Å². The summed E-state index contributed by atoms with van der Waals surface area (Å²) < 4.78 is 10.6. The van der Waals surface area contributed by atoms with Crippen molar-refractivity contribution in [2.45, 2.75) is 45.8 Å². The Morgan fingerprint density at radius 1 is 1.15 bits per heavy atom. The fraction of sp³-hybridized carbons (Fsp3) is 0.562. The van der Waals surface area contributed by atoms with E-state index >= 15 is 0 Å². The summed E-state index contributed by atoms with van der Waals surface area (Å²) in [7, 11) is -0.283. The number of esters is 1. The second-order valence-corrected chi connectivity index (χ2v) is 11.0. The first-order valence-corrected chi connectivity index (χ1v) is 9.75. The molecule has 0 unspecified atom stereocenters. The van der Waals surface area contributed by atoms with Crippen LogP contribution in [0.3, 0.4) is 0 Å².